The van der Waals surface area contributed by atoms with Gasteiger partial charge in [0.1, 0.15) is 11.6 Å². The number of ether oxygens (including phenoxy) is 1. The molecular weight excluding hydrogens is 441 g/mol. The van der Waals surface area contributed by atoms with Crippen molar-refractivity contribution in [1.29, 1.82) is 0 Å². The Balaban J connectivity index is 1.54. The van der Waals surface area contributed by atoms with Gasteiger partial charge in [0.05, 0.1) is 22.4 Å². The van der Waals surface area contributed by atoms with Crippen molar-refractivity contribution in [2.75, 3.05) is 25.5 Å². The fourth-order valence-corrected chi connectivity index (χ4v) is 5.12. The maximum absolute atomic E-state index is 14.4. The molecule has 1 aliphatic heterocycles. The van der Waals surface area contributed by atoms with Crippen LogP contribution in [-0.2, 0) is 16.1 Å². The molecule has 0 radical (unpaired) electrons. The van der Waals surface area contributed by atoms with Crippen LogP contribution in [0.25, 0.3) is 10.1 Å². The average Bonchev–Trinajstić information content (AvgIpc) is 3.15. The van der Waals surface area contributed by atoms with E-state index in [1.165, 1.54) is 30.7 Å². The number of hydrogen-bond donors (Lipinski definition) is 1. The number of likely N-dealkylation sites (tertiary alicyclic amines) is 1. The number of fused-ring (bicyclic) bond motifs is 1. The van der Waals surface area contributed by atoms with Crippen LogP contribution in [0.4, 0.5) is 10.2 Å². The zero-order chi connectivity index (χ0) is 22.0. The Morgan fingerprint density at radius 2 is 2.19 bits per heavy atom. The van der Waals surface area contributed by atoms with Crippen molar-refractivity contribution >= 4 is 50.7 Å². The molecule has 31 heavy (non-hydrogen) atoms. The Hall–Kier alpha value is -2.55. The minimum atomic E-state index is -0.369. The number of carbonyl (C=O) groups excluding carboxylic acids is 2. The van der Waals surface area contributed by atoms with Gasteiger partial charge in [-0.15, -0.1) is 11.3 Å². The summed E-state index contributed by atoms with van der Waals surface area (Å²) < 4.78 is 20.4. The summed E-state index contributed by atoms with van der Waals surface area (Å²) in [5, 5.41) is 3.70. The van der Waals surface area contributed by atoms with Crippen molar-refractivity contribution in [3.8, 4) is 0 Å². The molecule has 1 unspecified atom stereocenters. The molecule has 1 aliphatic rings. The number of amides is 2. The fourth-order valence-electron chi connectivity index (χ4n) is 3.82. The smallest absolute Gasteiger partial charge is 0.264 e. The molecule has 1 N–H and O–H groups in total. The van der Waals surface area contributed by atoms with Gasteiger partial charge in [0, 0.05) is 42.0 Å². The van der Waals surface area contributed by atoms with Gasteiger partial charge in [0.25, 0.3) is 5.91 Å². The zero-order valence-electron chi connectivity index (χ0n) is 16.9. The van der Waals surface area contributed by atoms with Gasteiger partial charge in [0.2, 0.25) is 5.91 Å². The SMILES string of the molecule is COCc1c(C(=O)N2CCCC(C(=O)Nc3ccc(Cl)cn3)C2)sc2cccc(F)c12. The van der Waals surface area contributed by atoms with E-state index in [9.17, 15) is 14.0 Å². The second kappa shape index (κ2) is 9.30. The monoisotopic (exact) mass is 461 g/mol. The molecule has 1 fully saturated rings. The standard InChI is InChI=1S/C22H21ClFN3O3S/c1-30-12-15-19-16(24)5-2-6-17(19)31-20(15)22(29)27-9-3-4-13(11-27)21(28)26-18-8-7-14(23)10-25-18/h2,5-8,10,13H,3-4,9,11-12H2,1H3,(H,25,26,28). The number of carbonyl (C=O) groups is 2. The lowest BCUT2D eigenvalue weighted by molar-refractivity contribution is -0.121. The van der Waals surface area contributed by atoms with Crippen molar-refractivity contribution in [1.82, 2.24) is 9.88 Å². The third kappa shape index (κ3) is 4.56. The number of piperidine rings is 1. The Labute approximate surface area is 188 Å². The molecule has 1 aromatic carbocycles. The first-order chi connectivity index (χ1) is 15.0. The number of methoxy groups -OCH3 is 1. The van der Waals surface area contributed by atoms with Crippen LogP contribution in [0.5, 0.6) is 0 Å². The van der Waals surface area contributed by atoms with E-state index in [0.29, 0.717) is 57.3 Å². The van der Waals surface area contributed by atoms with Crippen LogP contribution in [0, 0.1) is 11.7 Å². The third-order valence-electron chi connectivity index (χ3n) is 5.30. The fraction of sp³-hybridized carbons (Fsp3) is 0.318. The second-order valence-electron chi connectivity index (χ2n) is 7.40. The number of pyridine rings is 1. The minimum absolute atomic E-state index is 0.141. The first-order valence-electron chi connectivity index (χ1n) is 9.88. The molecule has 2 amide bonds. The van der Waals surface area contributed by atoms with Crippen molar-refractivity contribution < 1.29 is 18.7 Å². The van der Waals surface area contributed by atoms with Crippen molar-refractivity contribution in [2.24, 2.45) is 5.92 Å². The lowest BCUT2D eigenvalue weighted by Gasteiger charge is -2.32. The number of aromatic nitrogens is 1. The van der Waals surface area contributed by atoms with E-state index in [1.807, 2.05) is 0 Å². The predicted octanol–water partition coefficient (Wildman–Crippen LogP) is 4.73. The van der Waals surface area contributed by atoms with Gasteiger partial charge in [-0.05, 0) is 37.1 Å². The number of nitrogens with zero attached hydrogens (tertiary/aromatic N) is 2. The first kappa shape index (κ1) is 21.7. The van der Waals surface area contributed by atoms with Crippen LogP contribution in [0.3, 0.4) is 0 Å². The van der Waals surface area contributed by atoms with Crippen LogP contribution < -0.4 is 5.32 Å². The Bertz CT molecular complexity index is 1120. The largest absolute Gasteiger partial charge is 0.380 e. The molecule has 162 valence electrons. The summed E-state index contributed by atoms with van der Waals surface area (Å²) >= 11 is 7.09. The van der Waals surface area contributed by atoms with Gasteiger partial charge < -0.3 is 15.0 Å². The molecule has 6 nitrogen and oxygen atoms in total. The number of nitrogens with one attached hydrogen (secondary N) is 1. The summed E-state index contributed by atoms with van der Waals surface area (Å²) in [6, 6.07) is 8.09. The van der Waals surface area contributed by atoms with Crippen LogP contribution in [0.2, 0.25) is 5.02 Å². The van der Waals surface area contributed by atoms with E-state index in [2.05, 4.69) is 10.3 Å². The molecule has 2 aromatic heterocycles. The summed E-state index contributed by atoms with van der Waals surface area (Å²) in [4.78, 5) is 32.3. The molecule has 0 spiro atoms. The van der Waals surface area contributed by atoms with Crippen LogP contribution in [0.1, 0.15) is 28.1 Å². The quantitative estimate of drug-likeness (QED) is 0.596. The Morgan fingerprint density at radius 3 is 2.94 bits per heavy atom. The highest BCUT2D eigenvalue weighted by Crippen LogP contribution is 2.35. The van der Waals surface area contributed by atoms with E-state index >= 15 is 0 Å². The first-order valence-corrected chi connectivity index (χ1v) is 11.1. The Kier molecular flexibility index (Phi) is 6.50. The molecule has 0 bridgehead atoms. The topological polar surface area (TPSA) is 71.5 Å². The zero-order valence-corrected chi connectivity index (χ0v) is 18.4. The van der Waals surface area contributed by atoms with Gasteiger partial charge in [-0.2, -0.15) is 0 Å². The summed E-state index contributed by atoms with van der Waals surface area (Å²) in [7, 11) is 1.52. The molecular formula is C22H21ClFN3O3S. The summed E-state index contributed by atoms with van der Waals surface area (Å²) in [6.45, 7) is 0.981. The summed E-state index contributed by atoms with van der Waals surface area (Å²) in [5.41, 5.74) is 0.558. The van der Waals surface area contributed by atoms with Gasteiger partial charge in [-0.3, -0.25) is 9.59 Å². The van der Waals surface area contributed by atoms with Crippen molar-refractivity contribution in [3.63, 3.8) is 0 Å². The number of rotatable bonds is 5. The molecule has 3 heterocycles. The molecule has 1 atom stereocenters. The molecule has 9 heteroatoms. The minimum Gasteiger partial charge on any atom is -0.380 e. The predicted molar refractivity (Wildman–Crippen MR) is 119 cm³/mol. The summed E-state index contributed by atoms with van der Waals surface area (Å²) in [5.74, 6) is -0.694. The second-order valence-corrected chi connectivity index (χ2v) is 8.89. The lowest BCUT2D eigenvalue weighted by atomic mass is 9.96. The van der Waals surface area contributed by atoms with Crippen molar-refractivity contribution in [3.05, 3.63) is 57.8 Å². The third-order valence-corrected chi connectivity index (χ3v) is 6.71. The number of benzene rings is 1. The van der Waals surface area contributed by atoms with E-state index in [-0.39, 0.29) is 30.2 Å². The van der Waals surface area contributed by atoms with Crippen LogP contribution >= 0.6 is 22.9 Å². The highest BCUT2D eigenvalue weighted by Gasteiger charge is 2.31. The van der Waals surface area contributed by atoms with E-state index in [0.717, 1.165) is 0 Å². The van der Waals surface area contributed by atoms with E-state index < -0.39 is 0 Å². The van der Waals surface area contributed by atoms with E-state index in [1.54, 1.807) is 29.2 Å². The Morgan fingerprint density at radius 1 is 1.35 bits per heavy atom. The molecule has 3 aromatic rings. The van der Waals surface area contributed by atoms with Gasteiger partial charge in [0.15, 0.2) is 0 Å². The van der Waals surface area contributed by atoms with Crippen molar-refractivity contribution in [2.45, 2.75) is 19.4 Å². The lowest BCUT2D eigenvalue weighted by Crippen LogP contribution is -2.43. The molecule has 0 aliphatic carbocycles. The van der Waals surface area contributed by atoms with Gasteiger partial charge in [-0.1, -0.05) is 17.7 Å². The molecule has 0 saturated carbocycles. The number of hydrogen-bond acceptors (Lipinski definition) is 5. The highest BCUT2D eigenvalue weighted by atomic mass is 35.5. The average molecular weight is 462 g/mol. The number of anilines is 1. The maximum Gasteiger partial charge on any atom is 0.264 e. The van der Waals surface area contributed by atoms with E-state index in [4.69, 9.17) is 16.3 Å². The molecule has 1 saturated heterocycles. The van der Waals surface area contributed by atoms with Crippen LogP contribution in [-0.4, -0.2) is 41.9 Å². The maximum atomic E-state index is 14.4. The number of thiophene rings is 1. The van der Waals surface area contributed by atoms with Gasteiger partial charge >= 0.3 is 0 Å². The van der Waals surface area contributed by atoms with Crippen LogP contribution in [0.15, 0.2) is 36.5 Å². The number of halogens is 2. The summed E-state index contributed by atoms with van der Waals surface area (Å²) in [6.07, 6.45) is 2.84. The normalized spacial score (nSPS) is 16.5. The highest BCUT2D eigenvalue weighted by molar-refractivity contribution is 7.21. The van der Waals surface area contributed by atoms with Gasteiger partial charge in [-0.25, -0.2) is 9.37 Å². The molecule has 4 rings (SSSR count).